The molecule has 4 unspecified atom stereocenters. The van der Waals surface area contributed by atoms with Crippen LogP contribution in [-0.2, 0) is 0 Å². The van der Waals surface area contributed by atoms with Gasteiger partial charge in [0.05, 0.1) is 55.2 Å². The highest BCUT2D eigenvalue weighted by atomic mass is 32.1. The second kappa shape index (κ2) is 15.4. The Morgan fingerprint density at radius 1 is 0.709 bits per heavy atom. The standard InChI is InChI=1S/C21H21FN4S2.C20H19FN4S2/c1-12-14(4-3-7-26(12)2)19-9-15-20(16(22)10-23-21(15)28-19)25-13-5-6-18-17(8-13)24-11-27-18;1-11-13(3-2-6-22-11)18-8-14-19(15(21)9-23-20(14)27-18)25-12-4-5-17-16(7-12)24-10-26-17/h5-6,8-12,14H,3-4,7H2,1-2H3,(H,23,25);4-5,7-11,13,22H,2-3,6H2,1H3,(H,23,25). The van der Waals surface area contributed by atoms with Crippen LogP contribution in [0.4, 0.5) is 31.5 Å². The molecule has 3 N–H and O–H groups in total. The number of hydrogen-bond acceptors (Lipinski definition) is 12. The number of likely N-dealkylation sites (tertiary alicyclic amines) is 1. The molecule has 2 fully saturated rings. The van der Waals surface area contributed by atoms with E-state index in [4.69, 9.17) is 0 Å². The third-order valence-electron chi connectivity index (χ3n) is 11.1. The van der Waals surface area contributed by atoms with Gasteiger partial charge in [-0.05, 0) is 108 Å². The summed E-state index contributed by atoms with van der Waals surface area (Å²) in [6.07, 6.45) is 7.33. The molecule has 0 bridgehead atoms. The summed E-state index contributed by atoms with van der Waals surface area (Å²) in [6.45, 7) is 6.72. The molecule has 8 nitrogen and oxygen atoms in total. The molecule has 8 heterocycles. The van der Waals surface area contributed by atoms with Gasteiger partial charge in [0.2, 0.25) is 0 Å². The zero-order valence-corrected chi connectivity index (χ0v) is 33.9. The molecule has 2 saturated heterocycles. The fourth-order valence-corrected chi connectivity index (χ4v) is 11.7. The van der Waals surface area contributed by atoms with Crippen molar-refractivity contribution >= 4 is 109 Å². The van der Waals surface area contributed by atoms with Crippen molar-refractivity contribution in [1.29, 1.82) is 0 Å². The Morgan fingerprint density at radius 2 is 1.25 bits per heavy atom. The number of thiophene rings is 2. The van der Waals surface area contributed by atoms with Crippen molar-refractivity contribution in [3.63, 3.8) is 0 Å². The van der Waals surface area contributed by atoms with Crippen LogP contribution < -0.4 is 16.0 Å². The monoisotopic (exact) mass is 810 g/mol. The normalized spacial score (nSPS) is 20.6. The molecule has 6 aromatic heterocycles. The number of thiazole rings is 2. The summed E-state index contributed by atoms with van der Waals surface area (Å²) in [4.78, 5) is 24.2. The number of nitrogens with one attached hydrogen (secondary N) is 3. The van der Waals surface area contributed by atoms with Crippen molar-refractivity contribution in [2.45, 2.75) is 63.5 Å². The number of rotatable bonds is 6. The zero-order chi connectivity index (χ0) is 37.6. The molecule has 8 aromatic rings. The molecule has 0 saturated carbocycles. The van der Waals surface area contributed by atoms with E-state index < -0.39 is 0 Å². The quantitative estimate of drug-likeness (QED) is 0.153. The molecule has 2 aromatic carbocycles. The first-order chi connectivity index (χ1) is 26.8. The van der Waals surface area contributed by atoms with Crippen LogP contribution in [0.15, 0.2) is 71.9 Å². The third-order valence-corrected chi connectivity index (χ3v) is 15.0. The SMILES string of the molecule is CC1C(c2cc3c(Nc4ccc5scnc5c4)c(F)cnc3s2)CCCN1C.CC1NCCCC1c1cc2c(Nc3ccc4scnc4c3)c(F)cnc2s1. The minimum atomic E-state index is -0.333. The number of pyridine rings is 2. The Labute approximate surface area is 333 Å². The van der Waals surface area contributed by atoms with Gasteiger partial charge in [0.15, 0.2) is 11.6 Å². The van der Waals surface area contributed by atoms with Crippen molar-refractivity contribution in [2.75, 3.05) is 30.8 Å². The minimum Gasteiger partial charge on any atom is -0.352 e. The van der Waals surface area contributed by atoms with E-state index in [1.165, 1.54) is 41.4 Å². The number of piperidine rings is 2. The van der Waals surface area contributed by atoms with Crippen LogP contribution >= 0.6 is 45.3 Å². The van der Waals surface area contributed by atoms with Gasteiger partial charge in [-0.1, -0.05) is 0 Å². The number of fused-ring (bicyclic) bond motifs is 4. The first-order valence-electron chi connectivity index (χ1n) is 18.6. The number of aromatic nitrogens is 4. The molecule has 0 amide bonds. The molecule has 0 spiro atoms. The number of anilines is 4. The third kappa shape index (κ3) is 7.31. The van der Waals surface area contributed by atoms with Crippen LogP contribution in [0.1, 0.15) is 61.1 Å². The number of benzene rings is 2. The number of nitrogens with zero attached hydrogens (tertiary/aromatic N) is 5. The summed E-state index contributed by atoms with van der Waals surface area (Å²) in [5.41, 5.74) is 8.16. The summed E-state index contributed by atoms with van der Waals surface area (Å²) in [6, 6.07) is 17.1. The van der Waals surface area contributed by atoms with Crippen molar-refractivity contribution in [3.05, 3.63) is 93.3 Å². The summed E-state index contributed by atoms with van der Waals surface area (Å²) in [5, 5.41) is 11.8. The predicted octanol–water partition coefficient (Wildman–Crippen LogP) is 11.6. The van der Waals surface area contributed by atoms with E-state index in [0.717, 1.165) is 71.8 Å². The molecule has 2 aliphatic heterocycles. The maximum Gasteiger partial charge on any atom is 0.165 e. The van der Waals surface area contributed by atoms with Crippen molar-refractivity contribution in [3.8, 4) is 0 Å². The van der Waals surface area contributed by atoms with Crippen LogP contribution in [0.2, 0.25) is 0 Å². The van der Waals surface area contributed by atoms with E-state index in [-0.39, 0.29) is 11.6 Å². The average molecular weight is 811 g/mol. The maximum absolute atomic E-state index is 14.7. The second-order valence-electron chi connectivity index (χ2n) is 14.5. The van der Waals surface area contributed by atoms with E-state index in [9.17, 15) is 8.78 Å². The first-order valence-corrected chi connectivity index (χ1v) is 22.0. The molecule has 55 heavy (non-hydrogen) atoms. The summed E-state index contributed by atoms with van der Waals surface area (Å²) in [5.74, 6) is 0.268. The van der Waals surface area contributed by atoms with Gasteiger partial charge in [0.1, 0.15) is 9.66 Å². The van der Waals surface area contributed by atoms with Crippen LogP contribution in [0, 0.1) is 11.6 Å². The Hall–Kier alpha value is -4.18. The molecule has 10 rings (SSSR count). The Morgan fingerprint density at radius 3 is 1.82 bits per heavy atom. The average Bonchev–Trinajstić information content (AvgIpc) is 4.01. The van der Waals surface area contributed by atoms with E-state index in [0.29, 0.717) is 35.3 Å². The number of likely N-dealkylation sites (N-methyl/N-ethyl adjacent to an activating group) is 1. The van der Waals surface area contributed by atoms with Crippen molar-refractivity contribution in [2.24, 2.45) is 0 Å². The highest BCUT2D eigenvalue weighted by Crippen LogP contribution is 2.42. The summed E-state index contributed by atoms with van der Waals surface area (Å²) in [7, 11) is 2.18. The highest BCUT2D eigenvalue weighted by Gasteiger charge is 2.29. The fraction of sp³-hybridized carbons (Fsp3) is 0.317. The van der Waals surface area contributed by atoms with Crippen LogP contribution in [0.3, 0.4) is 0 Å². The molecule has 282 valence electrons. The van der Waals surface area contributed by atoms with Crippen molar-refractivity contribution in [1.82, 2.24) is 30.2 Å². The molecule has 14 heteroatoms. The van der Waals surface area contributed by atoms with E-state index >= 15 is 0 Å². The van der Waals surface area contributed by atoms with Gasteiger partial charge in [0.25, 0.3) is 0 Å². The van der Waals surface area contributed by atoms with Crippen LogP contribution in [0.25, 0.3) is 40.9 Å². The first kappa shape index (κ1) is 36.5. The molecule has 0 radical (unpaired) electrons. The van der Waals surface area contributed by atoms with Gasteiger partial charge in [0, 0.05) is 55.8 Å². The molecular formula is C41H40F2N8S4. The molecule has 0 aliphatic carbocycles. The van der Waals surface area contributed by atoms with Gasteiger partial charge in [-0.3, -0.25) is 0 Å². The van der Waals surface area contributed by atoms with E-state index in [1.807, 2.05) is 47.4 Å². The van der Waals surface area contributed by atoms with E-state index in [2.05, 4.69) is 73.8 Å². The number of hydrogen-bond donors (Lipinski definition) is 3. The molecule has 4 atom stereocenters. The van der Waals surface area contributed by atoms with Gasteiger partial charge >= 0.3 is 0 Å². The lowest BCUT2D eigenvalue weighted by Crippen LogP contribution is -2.38. The molecule has 2 aliphatic rings. The van der Waals surface area contributed by atoms with Gasteiger partial charge in [-0.15, -0.1) is 45.3 Å². The predicted molar refractivity (Wildman–Crippen MR) is 228 cm³/mol. The van der Waals surface area contributed by atoms with Crippen molar-refractivity contribution < 1.29 is 8.78 Å². The van der Waals surface area contributed by atoms with E-state index in [1.54, 1.807) is 45.3 Å². The fourth-order valence-electron chi connectivity index (χ4n) is 7.87. The topological polar surface area (TPSA) is 90.9 Å². The number of halogens is 2. The minimum absolute atomic E-state index is 0.330. The summed E-state index contributed by atoms with van der Waals surface area (Å²) < 4.78 is 31.6. The lowest BCUT2D eigenvalue weighted by molar-refractivity contribution is 0.176. The largest absolute Gasteiger partial charge is 0.352 e. The lowest BCUT2D eigenvalue weighted by atomic mass is 9.89. The maximum atomic E-state index is 14.7. The Balaban J connectivity index is 0.000000144. The Kier molecular flexibility index (Phi) is 10.2. The van der Waals surface area contributed by atoms with Gasteiger partial charge in [-0.25, -0.2) is 28.7 Å². The second-order valence-corrected chi connectivity index (χ2v) is 18.4. The van der Waals surface area contributed by atoms with Crippen LogP contribution in [0.5, 0.6) is 0 Å². The lowest BCUT2D eigenvalue weighted by Gasteiger charge is -2.36. The highest BCUT2D eigenvalue weighted by molar-refractivity contribution is 7.19. The zero-order valence-electron chi connectivity index (χ0n) is 30.6. The molecular weight excluding hydrogens is 771 g/mol. The van der Waals surface area contributed by atoms with Gasteiger partial charge < -0.3 is 20.9 Å². The smallest absolute Gasteiger partial charge is 0.165 e. The Bertz CT molecular complexity index is 2630. The van der Waals surface area contributed by atoms with Gasteiger partial charge in [-0.2, -0.15) is 0 Å². The van der Waals surface area contributed by atoms with Crippen LogP contribution in [-0.4, -0.2) is 57.1 Å². The summed E-state index contributed by atoms with van der Waals surface area (Å²) >= 11 is 6.57.